The van der Waals surface area contributed by atoms with Gasteiger partial charge in [-0.15, -0.1) is 0 Å². The Hall–Kier alpha value is -3.35. The molecule has 2 atom stereocenters. The van der Waals surface area contributed by atoms with E-state index in [2.05, 4.69) is 5.32 Å². The zero-order chi connectivity index (χ0) is 25.0. The van der Waals surface area contributed by atoms with E-state index in [0.717, 1.165) is 27.8 Å². The fourth-order valence-corrected chi connectivity index (χ4v) is 4.22. The average molecular weight is 463 g/mol. The van der Waals surface area contributed by atoms with Crippen LogP contribution in [0.3, 0.4) is 0 Å². The van der Waals surface area contributed by atoms with Crippen molar-refractivity contribution in [3.05, 3.63) is 94.0 Å². The van der Waals surface area contributed by atoms with E-state index in [4.69, 9.17) is 5.73 Å². The van der Waals surface area contributed by atoms with Crippen molar-refractivity contribution in [1.29, 1.82) is 0 Å². The van der Waals surface area contributed by atoms with Gasteiger partial charge in [-0.25, -0.2) is 0 Å². The first-order chi connectivity index (χ1) is 15.9. The number of carbonyl (C=O) groups is 1. The molecule has 0 saturated heterocycles. The van der Waals surface area contributed by atoms with Crippen molar-refractivity contribution < 1.29 is 20.1 Å². The molecule has 3 rings (SSSR count). The summed E-state index contributed by atoms with van der Waals surface area (Å²) in [6.07, 6.45) is -0.246. The molecule has 6 nitrogen and oxygen atoms in total. The number of hydrogen-bond donors (Lipinski definition) is 5. The highest BCUT2D eigenvalue weighted by Crippen LogP contribution is 2.28. The number of primary amides is 1. The Morgan fingerprint density at radius 1 is 0.912 bits per heavy atom. The number of amides is 1. The summed E-state index contributed by atoms with van der Waals surface area (Å²) in [5.74, 6) is -1.12. The van der Waals surface area contributed by atoms with Gasteiger partial charge in [0.25, 0.3) is 0 Å². The number of aliphatic hydroxyl groups excluding tert-OH is 1. The van der Waals surface area contributed by atoms with Crippen LogP contribution in [0.4, 0.5) is 0 Å². The molecule has 0 aliphatic carbocycles. The number of β-amino-alcohol motifs (C(OH)–C–C–N with tert-alkyl or cyclic N) is 1. The number of nitrogens with two attached hydrogens (primary N) is 1. The maximum absolute atomic E-state index is 12.4. The van der Waals surface area contributed by atoms with Crippen LogP contribution in [-0.2, 0) is 11.2 Å². The van der Waals surface area contributed by atoms with Crippen LogP contribution in [0.15, 0.2) is 60.7 Å². The molecular formula is C28H34N2O4. The third kappa shape index (κ3) is 6.37. The van der Waals surface area contributed by atoms with Gasteiger partial charge in [0.15, 0.2) is 0 Å². The number of phenolic OH excluding ortho intramolecular Hbond substituents is 2. The second-order valence-corrected chi connectivity index (χ2v) is 9.66. The summed E-state index contributed by atoms with van der Waals surface area (Å²) >= 11 is 0. The maximum Gasteiger partial charge on any atom is 0.229 e. The second-order valence-electron chi connectivity index (χ2n) is 9.66. The van der Waals surface area contributed by atoms with Crippen LogP contribution in [0.5, 0.6) is 11.5 Å². The molecule has 3 aromatic carbocycles. The van der Waals surface area contributed by atoms with E-state index in [1.807, 2.05) is 70.2 Å². The number of phenols is 2. The molecule has 0 aliphatic rings. The number of benzene rings is 3. The molecule has 0 fully saturated rings. The van der Waals surface area contributed by atoms with Crippen molar-refractivity contribution in [3.8, 4) is 11.5 Å². The number of nitrogens with one attached hydrogen (secondary N) is 1. The molecule has 2 unspecified atom stereocenters. The van der Waals surface area contributed by atoms with Crippen molar-refractivity contribution >= 4 is 5.91 Å². The number of aliphatic hydroxyl groups is 1. The SMILES string of the molecule is Cc1ccc(C(C(N)=O)c2cccc(CC(C)(C)NCC(O)c3cc(O)cc(O)c3)c2)cc1C. The molecular weight excluding hydrogens is 428 g/mol. The highest BCUT2D eigenvalue weighted by molar-refractivity contribution is 5.85. The summed E-state index contributed by atoms with van der Waals surface area (Å²) in [5.41, 5.74) is 10.9. The van der Waals surface area contributed by atoms with Crippen LogP contribution in [0.25, 0.3) is 0 Å². The number of carbonyl (C=O) groups excluding carboxylic acids is 1. The van der Waals surface area contributed by atoms with Gasteiger partial charge in [0.1, 0.15) is 11.5 Å². The van der Waals surface area contributed by atoms with Gasteiger partial charge >= 0.3 is 0 Å². The molecule has 180 valence electrons. The highest BCUT2D eigenvalue weighted by Gasteiger charge is 2.24. The van der Waals surface area contributed by atoms with Crippen molar-refractivity contribution in [2.75, 3.05) is 6.54 Å². The minimum absolute atomic E-state index is 0.0992. The Morgan fingerprint density at radius 3 is 2.18 bits per heavy atom. The van der Waals surface area contributed by atoms with Gasteiger partial charge in [-0.3, -0.25) is 4.79 Å². The third-order valence-electron chi connectivity index (χ3n) is 6.16. The molecule has 3 aromatic rings. The molecule has 6 heteroatoms. The largest absolute Gasteiger partial charge is 0.508 e. The van der Waals surface area contributed by atoms with E-state index in [-0.39, 0.29) is 23.6 Å². The van der Waals surface area contributed by atoms with Gasteiger partial charge in [0.2, 0.25) is 5.91 Å². The molecule has 0 radical (unpaired) electrons. The Bertz CT molecular complexity index is 1150. The summed E-state index contributed by atoms with van der Waals surface area (Å²) in [6, 6.07) is 17.9. The van der Waals surface area contributed by atoms with E-state index in [9.17, 15) is 20.1 Å². The predicted octanol–water partition coefficient (Wildman–Crippen LogP) is 3.98. The molecule has 0 aliphatic heterocycles. The van der Waals surface area contributed by atoms with E-state index in [0.29, 0.717) is 12.0 Å². The number of hydrogen-bond acceptors (Lipinski definition) is 5. The van der Waals surface area contributed by atoms with Gasteiger partial charge < -0.3 is 26.4 Å². The van der Waals surface area contributed by atoms with Crippen LogP contribution in [0.1, 0.15) is 59.3 Å². The fraction of sp³-hybridized carbons (Fsp3) is 0.321. The fourth-order valence-electron chi connectivity index (χ4n) is 4.22. The Kier molecular flexibility index (Phi) is 7.64. The van der Waals surface area contributed by atoms with Crippen molar-refractivity contribution in [1.82, 2.24) is 5.32 Å². The number of rotatable bonds is 9. The lowest BCUT2D eigenvalue weighted by molar-refractivity contribution is -0.118. The van der Waals surface area contributed by atoms with Gasteiger partial charge in [-0.1, -0.05) is 42.5 Å². The summed E-state index contributed by atoms with van der Waals surface area (Å²) in [6.45, 7) is 8.35. The lowest BCUT2D eigenvalue weighted by Crippen LogP contribution is -2.43. The van der Waals surface area contributed by atoms with E-state index in [1.165, 1.54) is 18.2 Å². The zero-order valence-electron chi connectivity index (χ0n) is 20.2. The zero-order valence-corrected chi connectivity index (χ0v) is 20.2. The first-order valence-corrected chi connectivity index (χ1v) is 11.4. The van der Waals surface area contributed by atoms with Crippen LogP contribution < -0.4 is 11.1 Å². The topological polar surface area (TPSA) is 116 Å². The van der Waals surface area contributed by atoms with Gasteiger partial charge in [-0.05, 0) is 79.6 Å². The van der Waals surface area contributed by atoms with Gasteiger partial charge in [0.05, 0.1) is 12.0 Å². The lowest BCUT2D eigenvalue weighted by Gasteiger charge is -2.28. The van der Waals surface area contributed by atoms with Crippen molar-refractivity contribution in [2.45, 2.75) is 51.7 Å². The molecule has 34 heavy (non-hydrogen) atoms. The molecule has 0 heterocycles. The minimum Gasteiger partial charge on any atom is -0.508 e. The van der Waals surface area contributed by atoms with Crippen LogP contribution in [-0.4, -0.2) is 33.3 Å². The highest BCUT2D eigenvalue weighted by atomic mass is 16.3. The minimum atomic E-state index is -0.896. The summed E-state index contributed by atoms with van der Waals surface area (Å²) in [7, 11) is 0. The van der Waals surface area contributed by atoms with Crippen molar-refractivity contribution in [2.24, 2.45) is 5.73 Å². The monoisotopic (exact) mass is 462 g/mol. The number of aromatic hydroxyl groups is 2. The van der Waals surface area contributed by atoms with Crippen LogP contribution >= 0.6 is 0 Å². The van der Waals surface area contributed by atoms with Gasteiger partial charge in [0, 0.05) is 18.2 Å². The molecule has 0 spiro atoms. The van der Waals surface area contributed by atoms with Crippen LogP contribution in [0, 0.1) is 13.8 Å². The molecule has 0 aromatic heterocycles. The quantitative estimate of drug-likeness (QED) is 0.330. The Labute approximate surface area is 201 Å². The Morgan fingerprint density at radius 2 is 1.56 bits per heavy atom. The second kappa shape index (κ2) is 10.3. The van der Waals surface area contributed by atoms with Crippen LogP contribution in [0.2, 0.25) is 0 Å². The summed E-state index contributed by atoms with van der Waals surface area (Å²) in [5, 5.41) is 33.2. The van der Waals surface area contributed by atoms with E-state index in [1.54, 1.807) is 0 Å². The van der Waals surface area contributed by atoms with E-state index >= 15 is 0 Å². The summed E-state index contributed by atoms with van der Waals surface area (Å²) in [4.78, 5) is 12.4. The molecule has 1 amide bonds. The third-order valence-corrected chi connectivity index (χ3v) is 6.16. The maximum atomic E-state index is 12.4. The predicted molar refractivity (Wildman–Crippen MR) is 134 cm³/mol. The normalized spacial score (nSPS) is 13.4. The Balaban J connectivity index is 1.75. The first-order valence-electron chi connectivity index (χ1n) is 11.4. The standard InChI is InChI=1S/C28H34N2O4/c1-17-8-9-21(10-18(17)2)26(27(29)34)20-7-5-6-19(11-20)15-28(3,4)30-16-25(33)22-12-23(31)14-24(32)13-22/h5-14,25-26,30-33H,15-16H2,1-4H3,(H2,29,34). The number of aryl methyl sites for hydroxylation is 2. The molecule has 6 N–H and O–H groups in total. The van der Waals surface area contributed by atoms with Gasteiger partial charge in [-0.2, -0.15) is 0 Å². The van der Waals surface area contributed by atoms with E-state index < -0.39 is 17.9 Å². The van der Waals surface area contributed by atoms with Crippen molar-refractivity contribution in [3.63, 3.8) is 0 Å². The lowest BCUT2D eigenvalue weighted by atomic mass is 9.86. The smallest absolute Gasteiger partial charge is 0.229 e. The molecule has 0 saturated carbocycles. The first kappa shape index (κ1) is 25.3. The summed E-state index contributed by atoms with van der Waals surface area (Å²) < 4.78 is 0. The molecule has 0 bridgehead atoms. The average Bonchev–Trinajstić information content (AvgIpc) is 2.74.